The van der Waals surface area contributed by atoms with Gasteiger partial charge in [0.05, 0.1) is 9.79 Å². The minimum Gasteiger partial charge on any atom is -0.280 e. The lowest BCUT2D eigenvalue weighted by Gasteiger charge is -2.22. The van der Waals surface area contributed by atoms with E-state index in [0.29, 0.717) is 11.6 Å². The van der Waals surface area contributed by atoms with Gasteiger partial charge in [0.2, 0.25) is 10.0 Å². The number of hydrogen-bond acceptors (Lipinski definition) is 4. The summed E-state index contributed by atoms with van der Waals surface area (Å²) >= 11 is 0. The summed E-state index contributed by atoms with van der Waals surface area (Å²) in [6.07, 6.45) is 6.05. The molecule has 6 nitrogen and oxygen atoms in total. The fourth-order valence-electron chi connectivity index (χ4n) is 3.39. The van der Waals surface area contributed by atoms with Crippen molar-refractivity contribution in [3.05, 3.63) is 54.1 Å². The van der Waals surface area contributed by atoms with Gasteiger partial charge in [-0.05, 0) is 67.8 Å². The quantitative estimate of drug-likeness (QED) is 0.766. The molecule has 0 atom stereocenters. The Morgan fingerprint density at radius 3 is 1.81 bits per heavy atom. The highest BCUT2D eigenvalue weighted by Gasteiger charge is 2.18. The van der Waals surface area contributed by atoms with E-state index in [-0.39, 0.29) is 9.79 Å². The van der Waals surface area contributed by atoms with Gasteiger partial charge in [0.15, 0.2) is 0 Å². The van der Waals surface area contributed by atoms with E-state index in [1.807, 2.05) is 12.1 Å². The van der Waals surface area contributed by atoms with Crippen LogP contribution in [-0.2, 0) is 20.0 Å². The van der Waals surface area contributed by atoms with E-state index < -0.39 is 20.0 Å². The second-order valence-electron chi connectivity index (χ2n) is 6.74. The average Bonchev–Trinajstić information content (AvgIpc) is 2.69. The molecular formula is C19H24N2O4S2. The Bertz CT molecular complexity index is 977. The van der Waals surface area contributed by atoms with Crippen LogP contribution in [0.4, 0.5) is 5.69 Å². The Balaban J connectivity index is 1.74. The smallest absolute Gasteiger partial charge is 0.261 e. The van der Waals surface area contributed by atoms with Gasteiger partial charge >= 0.3 is 0 Å². The van der Waals surface area contributed by atoms with Crippen LogP contribution in [0.15, 0.2) is 58.3 Å². The van der Waals surface area contributed by atoms with Crippen LogP contribution in [0.1, 0.15) is 43.6 Å². The molecule has 0 radical (unpaired) electrons. The summed E-state index contributed by atoms with van der Waals surface area (Å²) in [4.78, 5) is 0.263. The van der Waals surface area contributed by atoms with Crippen molar-refractivity contribution in [2.75, 3.05) is 11.8 Å². The molecule has 0 amide bonds. The largest absolute Gasteiger partial charge is 0.280 e. The van der Waals surface area contributed by atoms with Crippen molar-refractivity contribution in [2.24, 2.45) is 0 Å². The minimum absolute atomic E-state index is 0.0739. The summed E-state index contributed by atoms with van der Waals surface area (Å²) in [7, 11) is -5.96. The summed E-state index contributed by atoms with van der Waals surface area (Å²) in [6, 6.07) is 12.6. The number of nitrogens with one attached hydrogen (secondary N) is 2. The lowest BCUT2D eigenvalue weighted by molar-refractivity contribution is 0.443. The molecular weight excluding hydrogens is 384 g/mol. The monoisotopic (exact) mass is 408 g/mol. The zero-order valence-electron chi connectivity index (χ0n) is 15.2. The standard InChI is InChI=1S/C19H24N2O4S2/c1-20-26(22,23)18-13-9-17(10-14-18)21-27(24,25)19-11-7-16(8-12-19)15-5-3-2-4-6-15/h7-15,20-21H,2-6H2,1H3. The molecule has 2 aromatic carbocycles. The maximum Gasteiger partial charge on any atom is 0.261 e. The molecule has 0 spiro atoms. The molecule has 27 heavy (non-hydrogen) atoms. The average molecular weight is 409 g/mol. The molecule has 1 aliphatic carbocycles. The number of anilines is 1. The SMILES string of the molecule is CNS(=O)(=O)c1ccc(NS(=O)(=O)c2ccc(C3CCCCC3)cc2)cc1. The van der Waals surface area contributed by atoms with Gasteiger partial charge in [-0.15, -0.1) is 0 Å². The summed E-state index contributed by atoms with van der Waals surface area (Å²) in [5.41, 5.74) is 1.50. The van der Waals surface area contributed by atoms with Crippen LogP contribution in [-0.4, -0.2) is 23.9 Å². The van der Waals surface area contributed by atoms with Crippen LogP contribution >= 0.6 is 0 Å². The molecule has 0 saturated heterocycles. The molecule has 0 aromatic heterocycles. The van der Waals surface area contributed by atoms with Gasteiger partial charge in [-0.3, -0.25) is 4.72 Å². The van der Waals surface area contributed by atoms with Crippen LogP contribution in [0.2, 0.25) is 0 Å². The van der Waals surface area contributed by atoms with Gasteiger partial charge < -0.3 is 0 Å². The van der Waals surface area contributed by atoms with E-state index >= 15 is 0 Å². The van der Waals surface area contributed by atoms with Crippen LogP contribution in [0, 0.1) is 0 Å². The third-order valence-electron chi connectivity index (χ3n) is 4.95. The Morgan fingerprint density at radius 1 is 0.741 bits per heavy atom. The first-order chi connectivity index (χ1) is 12.8. The highest BCUT2D eigenvalue weighted by atomic mass is 32.2. The van der Waals surface area contributed by atoms with Crippen molar-refractivity contribution >= 4 is 25.7 Å². The Labute approximate surface area is 161 Å². The van der Waals surface area contributed by atoms with E-state index in [4.69, 9.17) is 0 Å². The molecule has 2 aromatic rings. The van der Waals surface area contributed by atoms with Crippen molar-refractivity contribution < 1.29 is 16.8 Å². The lowest BCUT2D eigenvalue weighted by Crippen LogP contribution is -2.18. The molecule has 3 rings (SSSR count). The first kappa shape index (κ1) is 19.9. The predicted molar refractivity (Wildman–Crippen MR) is 106 cm³/mol. The van der Waals surface area contributed by atoms with E-state index in [1.54, 1.807) is 12.1 Å². The fourth-order valence-corrected chi connectivity index (χ4v) is 5.18. The van der Waals surface area contributed by atoms with E-state index in [9.17, 15) is 16.8 Å². The zero-order valence-corrected chi connectivity index (χ0v) is 16.8. The molecule has 146 valence electrons. The molecule has 0 unspecified atom stereocenters. The summed E-state index contributed by atoms with van der Waals surface area (Å²) in [5.74, 6) is 0.519. The van der Waals surface area contributed by atoms with Crippen LogP contribution in [0.3, 0.4) is 0 Å². The lowest BCUT2D eigenvalue weighted by atomic mass is 9.84. The number of hydrogen-bond donors (Lipinski definition) is 2. The van der Waals surface area contributed by atoms with Gasteiger partial charge in [-0.25, -0.2) is 21.6 Å². The topological polar surface area (TPSA) is 92.3 Å². The normalized spacial score (nSPS) is 16.2. The van der Waals surface area contributed by atoms with Crippen LogP contribution in [0.25, 0.3) is 0 Å². The number of sulfonamides is 2. The first-order valence-electron chi connectivity index (χ1n) is 8.98. The van der Waals surface area contributed by atoms with Crippen LogP contribution < -0.4 is 9.44 Å². The predicted octanol–water partition coefficient (Wildman–Crippen LogP) is 3.44. The van der Waals surface area contributed by atoms with Crippen LogP contribution in [0.5, 0.6) is 0 Å². The molecule has 1 aliphatic rings. The van der Waals surface area contributed by atoms with Crippen molar-refractivity contribution in [1.82, 2.24) is 4.72 Å². The van der Waals surface area contributed by atoms with Gasteiger partial charge in [0.25, 0.3) is 10.0 Å². The van der Waals surface area contributed by atoms with Gasteiger partial charge in [-0.2, -0.15) is 0 Å². The van der Waals surface area contributed by atoms with E-state index in [1.165, 1.54) is 56.1 Å². The Morgan fingerprint density at radius 2 is 1.26 bits per heavy atom. The second kappa shape index (κ2) is 8.00. The molecule has 1 fully saturated rings. The molecule has 8 heteroatoms. The second-order valence-corrected chi connectivity index (χ2v) is 10.3. The van der Waals surface area contributed by atoms with E-state index in [2.05, 4.69) is 9.44 Å². The van der Waals surface area contributed by atoms with Gasteiger partial charge in [-0.1, -0.05) is 31.4 Å². The molecule has 1 saturated carbocycles. The molecule has 0 bridgehead atoms. The highest BCUT2D eigenvalue weighted by molar-refractivity contribution is 7.92. The van der Waals surface area contributed by atoms with Crippen molar-refractivity contribution in [3.63, 3.8) is 0 Å². The van der Waals surface area contributed by atoms with Gasteiger partial charge in [0.1, 0.15) is 0 Å². The summed E-state index contributed by atoms with van der Waals surface area (Å²) in [5, 5.41) is 0. The zero-order chi connectivity index (χ0) is 19.5. The third-order valence-corrected chi connectivity index (χ3v) is 7.78. The van der Waals surface area contributed by atoms with Crippen molar-refractivity contribution in [3.8, 4) is 0 Å². The molecule has 0 heterocycles. The third kappa shape index (κ3) is 4.69. The number of rotatable bonds is 6. The summed E-state index contributed by atoms with van der Waals surface area (Å²) in [6.45, 7) is 0. The highest BCUT2D eigenvalue weighted by Crippen LogP contribution is 2.33. The Hall–Kier alpha value is -1.90. The fraction of sp³-hybridized carbons (Fsp3) is 0.368. The Kier molecular flexibility index (Phi) is 5.88. The van der Waals surface area contributed by atoms with Gasteiger partial charge in [0, 0.05) is 5.69 Å². The first-order valence-corrected chi connectivity index (χ1v) is 11.9. The maximum atomic E-state index is 12.6. The minimum atomic E-state index is -3.73. The molecule has 0 aliphatic heterocycles. The molecule has 2 N–H and O–H groups in total. The van der Waals surface area contributed by atoms with Crippen molar-refractivity contribution in [2.45, 2.75) is 47.8 Å². The summed E-state index contributed by atoms with van der Waals surface area (Å²) < 4.78 is 53.3. The maximum absolute atomic E-state index is 12.6. The van der Waals surface area contributed by atoms with E-state index in [0.717, 1.165) is 12.8 Å². The van der Waals surface area contributed by atoms with Crippen molar-refractivity contribution in [1.29, 1.82) is 0 Å². The number of benzene rings is 2.